The van der Waals surface area contributed by atoms with E-state index in [4.69, 9.17) is 9.26 Å². The number of nitriles is 1. The van der Waals surface area contributed by atoms with E-state index >= 15 is 0 Å². The van der Waals surface area contributed by atoms with Crippen LogP contribution in [0.4, 0.5) is 11.5 Å². The Hall–Kier alpha value is -3.84. The Kier molecular flexibility index (Phi) is 8.40. The van der Waals surface area contributed by atoms with Gasteiger partial charge in [-0.15, -0.1) is 0 Å². The lowest BCUT2D eigenvalue weighted by atomic mass is 10.3. The first-order chi connectivity index (χ1) is 14.4. The Bertz CT molecular complexity index is 1020. The highest BCUT2D eigenvalue weighted by molar-refractivity contribution is 8.17. The molecule has 0 aliphatic rings. The second-order valence-electron chi connectivity index (χ2n) is 5.59. The topological polar surface area (TPSA) is 134 Å². The van der Waals surface area contributed by atoms with Gasteiger partial charge in [0.15, 0.2) is 11.4 Å². The van der Waals surface area contributed by atoms with Crippen molar-refractivity contribution < 1.29 is 23.6 Å². The average Bonchev–Trinajstić information content (AvgIpc) is 3.12. The van der Waals surface area contributed by atoms with Gasteiger partial charge in [-0.2, -0.15) is 5.26 Å². The third-order valence-corrected chi connectivity index (χ3v) is 4.15. The molecular formula is C20H18N4O5S. The van der Waals surface area contributed by atoms with Crippen molar-refractivity contribution in [1.82, 2.24) is 5.16 Å². The van der Waals surface area contributed by atoms with Crippen LogP contribution in [0.3, 0.4) is 0 Å². The monoisotopic (exact) mass is 426 g/mol. The zero-order chi connectivity index (χ0) is 21.9. The number of para-hydroxylation sites is 1. The number of thioether (sulfide) groups is 1. The number of aryl methyl sites for hydroxylation is 1. The molecule has 0 aliphatic carbocycles. The fourth-order valence-corrected chi connectivity index (χ4v) is 2.79. The molecule has 1 aromatic heterocycles. The van der Waals surface area contributed by atoms with Crippen molar-refractivity contribution in [3.05, 3.63) is 64.9 Å². The van der Waals surface area contributed by atoms with Gasteiger partial charge in [-0.3, -0.25) is 9.59 Å². The predicted octanol–water partition coefficient (Wildman–Crippen LogP) is 3.15. The summed E-state index contributed by atoms with van der Waals surface area (Å²) < 4.78 is 9.71. The summed E-state index contributed by atoms with van der Waals surface area (Å²) in [6.45, 7) is 3.35. The van der Waals surface area contributed by atoms with Crippen LogP contribution in [0.5, 0.6) is 0 Å². The second kappa shape index (κ2) is 11.2. The van der Waals surface area contributed by atoms with Crippen LogP contribution in [0, 0.1) is 18.3 Å². The third kappa shape index (κ3) is 6.96. The Morgan fingerprint density at radius 2 is 1.97 bits per heavy atom. The molecular weight excluding hydrogens is 408 g/mol. The van der Waals surface area contributed by atoms with E-state index in [2.05, 4.69) is 15.8 Å². The minimum absolute atomic E-state index is 0.00988. The molecule has 30 heavy (non-hydrogen) atoms. The van der Waals surface area contributed by atoms with Crippen LogP contribution in [-0.2, 0) is 19.1 Å². The minimum atomic E-state index is -0.859. The number of aromatic nitrogens is 1. The second-order valence-corrected chi connectivity index (χ2v) is 6.61. The van der Waals surface area contributed by atoms with Gasteiger partial charge in [-0.25, -0.2) is 4.79 Å². The number of hydrogen-bond acceptors (Lipinski definition) is 9. The number of rotatable bonds is 8. The molecule has 10 heteroatoms. The van der Waals surface area contributed by atoms with E-state index in [1.54, 1.807) is 50.2 Å². The van der Waals surface area contributed by atoms with Crippen LogP contribution in [0.1, 0.15) is 12.7 Å². The molecule has 2 N–H and O–H groups in total. The molecule has 0 aliphatic heterocycles. The summed E-state index contributed by atoms with van der Waals surface area (Å²) in [4.78, 5) is 36.3. The quantitative estimate of drug-likeness (QED) is 0.371. The lowest BCUT2D eigenvalue weighted by Crippen LogP contribution is -2.13. The molecule has 9 nitrogen and oxygen atoms in total. The first kappa shape index (κ1) is 22.4. The first-order valence-electron chi connectivity index (χ1n) is 8.70. The summed E-state index contributed by atoms with van der Waals surface area (Å²) in [5, 5.41) is 17.7. The molecule has 0 spiro atoms. The Morgan fingerprint density at radius 3 is 2.57 bits per heavy atom. The molecule has 2 aromatic rings. The number of benzene rings is 1. The Labute approximate surface area is 176 Å². The summed E-state index contributed by atoms with van der Waals surface area (Å²) >= 11 is 0.584. The average molecular weight is 426 g/mol. The van der Waals surface area contributed by atoms with Gasteiger partial charge >= 0.3 is 5.97 Å². The third-order valence-electron chi connectivity index (χ3n) is 3.30. The maximum atomic E-state index is 12.3. The zero-order valence-corrected chi connectivity index (χ0v) is 17.0. The number of nitrogens with zero attached hydrogens (tertiary/aromatic N) is 2. The largest absolute Gasteiger partial charge is 0.462 e. The fraction of sp³-hybridized carbons (Fsp3) is 0.150. The molecule has 0 saturated heterocycles. The maximum Gasteiger partial charge on any atom is 0.351 e. The van der Waals surface area contributed by atoms with E-state index in [9.17, 15) is 19.6 Å². The van der Waals surface area contributed by atoms with Crippen LogP contribution >= 0.6 is 11.8 Å². The van der Waals surface area contributed by atoms with Gasteiger partial charge in [-0.05, 0) is 43.8 Å². The lowest BCUT2D eigenvalue weighted by molar-refractivity contribution is -0.138. The minimum Gasteiger partial charge on any atom is -0.462 e. The normalized spacial score (nSPS) is 11.4. The van der Waals surface area contributed by atoms with E-state index in [1.165, 1.54) is 6.07 Å². The first-order valence-corrected chi connectivity index (χ1v) is 9.52. The molecule has 2 rings (SSSR count). The predicted molar refractivity (Wildman–Crippen MR) is 111 cm³/mol. The van der Waals surface area contributed by atoms with E-state index in [0.29, 0.717) is 23.2 Å². The fourth-order valence-electron chi connectivity index (χ4n) is 2.06. The number of anilines is 2. The van der Waals surface area contributed by atoms with E-state index in [0.717, 1.165) is 12.2 Å². The van der Waals surface area contributed by atoms with Gasteiger partial charge < -0.3 is 19.9 Å². The van der Waals surface area contributed by atoms with Gasteiger partial charge in [0.2, 0.25) is 11.0 Å². The lowest BCUT2D eigenvalue weighted by Gasteiger charge is -2.11. The van der Waals surface area contributed by atoms with Crippen LogP contribution < -0.4 is 10.6 Å². The van der Waals surface area contributed by atoms with Gasteiger partial charge in [0.1, 0.15) is 16.9 Å². The van der Waals surface area contributed by atoms with Crippen molar-refractivity contribution in [3.8, 4) is 6.07 Å². The standard InChI is InChI=1S/C20H18N4O5S/c1-3-28-20(27)15(12-21)19(22-14-7-5-4-6-8-14)30-18(26)10-9-17(25)23-16-11-13(2)29-24-16/h4-11,22H,3H2,1-2H3,(H,23,24,25)/b10-9+,19-15+. The Morgan fingerprint density at radius 1 is 1.23 bits per heavy atom. The van der Waals surface area contributed by atoms with Gasteiger partial charge in [0, 0.05) is 17.8 Å². The van der Waals surface area contributed by atoms with Gasteiger partial charge in [-0.1, -0.05) is 23.4 Å². The van der Waals surface area contributed by atoms with Crippen molar-refractivity contribution >= 4 is 40.3 Å². The van der Waals surface area contributed by atoms with Crippen LogP contribution in [-0.4, -0.2) is 28.8 Å². The summed E-state index contributed by atoms with van der Waals surface area (Å²) in [6, 6.07) is 12.0. The molecule has 0 saturated carbocycles. The summed E-state index contributed by atoms with van der Waals surface area (Å²) in [5.41, 5.74) is 0.211. The molecule has 1 aromatic carbocycles. The maximum absolute atomic E-state index is 12.3. The Balaban J connectivity index is 2.15. The van der Waals surface area contributed by atoms with Crippen molar-refractivity contribution in [2.24, 2.45) is 0 Å². The SMILES string of the molecule is CCOC(=O)/C(C#N)=C(\Nc1ccccc1)SC(=O)/C=C/C(=O)Nc1cc(C)on1. The number of esters is 1. The number of amides is 1. The highest BCUT2D eigenvalue weighted by Crippen LogP contribution is 2.24. The number of ether oxygens (including phenoxy) is 1. The molecule has 0 unspecified atom stereocenters. The smallest absolute Gasteiger partial charge is 0.351 e. The summed E-state index contributed by atoms with van der Waals surface area (Å²) in [7, 11) is 0. The molecule has 0 bridgehead atoms. The van der Waals surface area contributed by atoms with Crippen LogP contribution in [0.15, 0.2) is 63.7 Å². The van der Waals surface area contributed by atoms with Gasteiger partial charge in [0.25, 0.3) is 0 Å². The zero-order valence-electron chi connectivity index (χ0n) is 16.2. The molecule has 1 heterocycles. The number of nitrogens with one attached hydrogen (secondary N) is 2. The van der Waals surface area contributed by atoms with E-state index in [-0.39, 0.29) is 23.0 Å². The number of hydrogen-bond donors (Lipinski definition) is 2. The highest BCUT2D eigenvalue weighted by atomic mass is 32.2. The van der Waals surface area contributed by atoms with Crippen molar-refractivity contribution in [2.45, 2.75) is 13.8 Å². The van der Waals surface area contributed by atoms with Crippen molar-refractivity contribution in [2.75, 3.05) is 17.2 Å². The summed E-state index contributed by atoms with van der Waals surface area (Å²) in [5.74, 6) is -0.722. The van der Waals surface area contributed by atoms with Crippen molar-refractivity contribution in [1.29, 1.82) is 5.26 Å². The number of carbonyl (C=O) groups is 3. The van der Waals surface area contributed by atoms with Crippen LogP contribution in [0.25, 0.3) is 0 Å². The molecule has 0 radical (unpaired) electrons. The molecule has 154 valence electrons. The van der Waals surface area contributed by atoms with E-state index in [1.807, 2.05) is 0 Å². The van der Waals surface area contributed by atoms with Crippen molar-refractivity contribution in [3.63, 3.8) is 0 Å². The van der Waals surface area contributed by atoms with Crippen LogP contribution in [0.2, 0.25) is 0 Å². The van der Waals surface area contributed by atoms with E-state index < -0.39 is 17.0 Å². The molecule has 0 fully saturated rings. The molecule has 0 atom stereocenters. The summed E-state index contributed by atoms with van der Waals surface area (Å²) in [6.07, 6.45) is 2.02. The highest BCUT2D eigenvalue weighted by Gasteiger charge is 2.20. The van der Waals surface area contributed by atoms with Gasteiger partial charge in [0.05, 0.1) is 6.61 Å². The number of carbonyl (C=O) groups excluding carboxylic acids is 3. The molecule has 1 amide bonds.